The van der Waals surface area contributed by atoms with Crippen molar-refractivity contribution in [3.05, 3.63) is 71.8 Å². The quantitative estimate of drug-likeness (QED) is 0.687. The average molecular weight is 472 g/mol. The van der Waals surface area contributed by atoms with Crippen LogP contribution in [0, 0.1) is 5.92 Å². The van der Waals surface area contributed by atoms with Crippen LogP contribution in [0.1, 0.15) is 49.5 Å². The van der Waals surface area contributed by atoms with E-state index in [0.29, 0.717) is 29.6 Å². The molecule has 0 saturated heterocycles. The predicted molar refractivity (Wildman–Crippen MR) is 136 cm³/mol. The molecule has 5 rings (SSSR count). The van der Waals surface area contributed by atoms with Crippen molar-refractivity contribution < 1.29 is 14.3 Å². The number of anilines is 1. The van der Waals surface area contributed by atoms with Crippen molar-refractivity contribution in [3.63, 3.8) is 0 Å². The molecule has 8 nitrogen and oxygen atoms in total. The number of benzene rings is 2. The molecule has 2 aromatic carbocycles. The molecule has 1 unspecified atom stereocenters. The lowest BCUT2D eigenvalue weighted by molar-refractivity contribution is -0.122. The lowest BCUT2D eigenvalue weighted by atomic mass is 9.87. The molecule has 180 valence electrons. The molecule has 2 heterocycles. The first kappa shape index (κ1) is 22.8. The number of fused-ring (bicyclic) bond motifs is 1. The van der Waals surface area contributed by atoms with Crippen molar-refractivity contribution in [1.82, 2.24) is 10.3 Å². The highest BCUT2D eigenvalue weighted by Gasteiger charge is 2.33. The largest absolute Gasteiger partial charge is 0.438 e. The minimum absolute atomic E-state index is 0.0532. The highest BCUT2D eigenvalue weighted by Crippen LogP contribution is 2.29. The van der Waals surface area contributed by atoms with E-state index >= 15 is 0 Å². The Kier molecular flexibility index (Phi) is 5.88. The van der Waals surface area contributed by atoms with Gasteiger partial charge in [-0.3, -0.25) is 9.59 Å². The normalized spacial score (nSPS) is 18.9. The minimum Gasteiger partial charge on any atom is -0.438 e. The number of rotatable bonds is 5. The van der Waals surface area contributed by atoms with Crippen molar-refractivity contribution in [2.75, 3.05) is 11.9 Å². The summed E-state index contributed by atoms with van der Waals surface area (Å²) in [4.78, 5) is 29.3. The number of amidine groups is 1. The maximum atomic E-state index is 12.8. The van der Waals surface area contributed by atoms with Gasteiger partial charge in [0, 0.05) is 23.2 Å². The van der Waals surface area contributed by atoms with Gasteiger partial charge in [0.15, 0.2) is 0 Å². The smallest absolute Gasteiger partial charge is 0.255 e. The number of ether oxygens (including phenoxy) is 1. The van der Waals surface area contributed by atoms with Gasteiger partial charge in [-0.15, -0.1) is 5.10 Å². The SMILES string of the molecule is CC(C)(C)c1ccc(NC(=O)c2cccc(OC3=NN4CC(NC(=O)C5CC5)N=C4C=C3)c2)cc1. The molecule has 35 heavy (non-hydrogen) atoms. The zero-order valence-corrected chi connectivity index (χ0v) is 20.1. The van der Waals surface area contributed by atoms with E-state index in [9.17, 15) is 9.59 Å². The monoisotopic (exact) mass is 471 g/mol. The molecule has 1 fully saturated rings. The Bertz CT molecular complexity index is 1240. The van der Waals surface area contributed by atoms with Gasteiger partial charge in [-0.05, 0) is 60.2 Å². The van der Waals surface area contributed by atoms with Crippen LogP contribution in [0.4, 0.5) is 5.69 Å². The van der Waals surface area contributed by atoms with Crippen molar-refractivity contribution >= 4 is 29.2 Å². The molecular weight excluding hydrogens is 442 g/mol. The van der Waals surface area contributed by atoms with Crippen LogP contribution in [0.5, 0.6) is 5.75 Å². The second kappa shape index (κ2) is 9.02. The van der Waals surface area contributed by atoms with E-state index in [1.165, 1.54) is 5.56 Å². The highest BCUT2D eigenvalue weighted by molar-refractivity contribution is 6.06. The molecule has 2 aliphatic heterocycles. The molecule has 0 radical (unpaired) electrons. The molecule has 2 amide bonds. The number of aliphatic imine (C=N–C) groups is 1. The standard InChI is InChI=1S/C27H29N5O3/c1-27(2,3)19-9-11-20(12-10-19)28-26(34)18-5-4-6-21(15-18)35-24-14-13-23-29-22(16-32(23)31-24)30-25(33)17-7-8-17/h4-6,9-15,17,22H,7-8,16H2,1-3H3,(H,28,34)(H,30,33). The molecule has 0 aromatic heterocycles. The topological polar surface area (TPSA) is 95.4 Å². The van der Waals surface area contributed by atoms with Crippen LogP contribution in [-0.4, -0.2) is 41.3 Å². The Balaban J connectivity index is 1.20. The number of amides is 2. The summed E-state index contributed by atoms with van der Waals surface area (Å²) in [5, 5.41) is 12.1. The van der Waals surface area contributed by atoms with Gasteiger partial charge < -0.3 is 15.4 Å². The average Bonchev–Trinajstić information content (AvgIpc) is 3.60. The Morgan fingerprint density at radius 1 is 1.06 bits per heavy atom. The third-order valence-electron chi connectivity index (χ3n) is 6.08. The van der Waals surface area contributed by atoms with Crippen LogP contribution < -0.4 is 15.4 Å². The Morgan fingerprint density at radius 3 is 2.54 bits per heavy atom. The van der Waals surface area contributed by atoms with Gasteiger partial charge in [0.1, 0.15) is 17.8 Å². The van der Waals surface area contributed by atoms with Crippen LogP contribution in [0.2, 0.25) is 0 Å². The second-order valence-electron chi connectivity index (χ2n) is 10.1. The lowest BCUT2D eigenvalue weighted by Crippen LogP contribution is -2.38. The van der Waals surface area contributed by atoms with Crippen LogP contribution in [0.3, 0.4) is 0 Å². The second-order valence-corrected chi connectivity index (χ2v) is 10.1. The van der Waals surface area contributed by atoms with Crippen LogP contribution in [0.25, 0.3) is 0 Å². The fraction of sp³-hybridized carbons (Fsp3) is 0.333. The number of hydrogen-bond acceptors (Lipinski definition) is 6. The minimum atomic E-state index is -0.310. The molecular formula is C27H29N5O3. The summed E-state index contributed by atoms with van der Waals surface area (Å²) < 4.78 is 5.92. The summed E-state index contributed by atoms with van der Waals surface area (Å²) in [7, 11) is 0. The maximum absolute atomic E-state index is 12.8. The van der Waals surface area contributed by atoms with E-state index in [4.69, 9.17) is 4.74 Å². The number of carbonyl (C=O) groups excluding carboxylic acids is 2. The van der Waals surface area contributed by atoms with Gasteiger partial charge in [0.2, 0.25) is 11.8 Å². The van der Waals surface area contributed by atoms with Crippen LogP contribution in [-0.2, 0) is 10.2 Å². The summed E-state index contributed by atoms with van der Waals surface area (Å²) in [5.74, 6) is 1.55. The van der Waals surface area contributed by atoms with Gasteiger partial charge in [-0.1, -0.05) is 39.0 Å². The summed E-state index contributed by atoms with van der Waals surface area (Å²) in [6.45, 7) is 6.92. The molecule has 1 saturated carbocycles. The van der Waals surface area contributed by atoms with Gasteiger partial charge in [-0.2, -0.15) is 0 Å². The lowest BCUT2D eigenvalue weighted by Gasteiger charge is -2.19. The Hall–Kier alpha value is -3.94. The van der Waals surface area contributed by atoms with E-state index in [0.717, 1.165) is 18.5 Å². The van der Waals surface area contributed by atoms with Crippen LogP contribution in [0.15, 0.2) is 70.8 Å². The Morgan fingerprint density at radius 2 is 1.83 bits per heavy atom. The van der Waals surface area contributed by atoms with Crippen molar-refractivity contribution in [2.24, 2.45) is 16.0 Å². The van der Waals surface area contributed by atoms with Crippen molar-refractivity contribution in [3.8, 4) is 5.75 Å². The molecule has 8 heteroatoms. The summed E-state index contributed by atoms with van der Waals surface area (Å²) >= 11 is 0. The van der Waals surface area contributed by atoms with Gasteiger partial charge in [-0.25, -0.2) is 10.0 Å². The zero-order valence-electron chi connectivity index (χ0n) is 20.1. The first-order chi connectivity index (χ1) is 16.7. The first-order valence-electron chi connectivity index (χ1n) is 11.9. The third-order valence-corrected chi connectivity index (χ3v) is 6.08. The number of nitrogens with zero attached hydrogens (tertiary/aromatic N) is 3. The van der Waals surface area contributed by atoms with E-state index < -0.39 is 0 Å². The zero-order chi connectivity index (χ0) is 24.6. The van der Waals surface area contributed by atoms with Crippen LogP contribution >= 0.6 is 0 Å². The predicted octanol–water partition coefficient (Wildman–Crippen LogP) is 4.06. The fourth-order valence-corrected chi connectivity index (χ4v) is 3.88. The Labute approximate surface area is 204 Å². The summed E-state index contributed by atoms with van der Waals surface area (Å²) in [6.07, 6.45) is 5.13. The number of carbonyl (C=O) groups is 2. The summed E-state index contributed by atoms with van der Waals surface area (Å²) in [5.41, 5.74) is 2.47. The van der Waals surface area contributed by atoms with Gasteiger partial charge >= 0.3 is 0 Å². The molecule has 2 aromatic rings. The number of hydrogen-bond donors (Lipinski definition) is 2. The van der Waals surface area contributed by atoms with Gasteiger partial charge in [0.25, 0.3) is 5.91 Å². The molecule has 2 N–H and O–H groups in total. The molecule has 0 spiro atoms. The maximum Gasteiger partial charge on any atom is 0.255 e. The molecule has 3 aliphatic rings. The van der Waals surface area contributed by atoms with Crippen molar-refractivity contribution in [2.45, 2.75) is 45.2 Å². The molecule has 0 bridgehead atoms. The first-order valence-corrected chi connectivity index (χ1v) is 11.9. The van der Waals surface area contributed by atoms with E-state index in [2.05, 4.69) is 41.5 Å². The summed E-state index contributed by atoms with van der Waals surface area (Å²) in [6, 6.07) is 14.8. The molecule has 1 atom stereocenters. The van der Waals surface area contributed by atoms with E-state index in [-0.39, 0.29) is 29.3 Å². The number of nitrogens with one attached hydrogen (secondary N) is 2. The highest BCUT2D eigenvalue weighted by atomic mass is 16.5. The molecule has 1 aliphatic carbocycles. The fourth-order valence-electron chi connectivity index (χ4n) is 3.88. The van der Waals surface area contributed by atoms with Crippen molar-refractivity contribution in [1.29, 1.82) is 0 Å². The van der Waals surface area contributed by atoms with E-state index in [1.807, 2.05) is 30.3 Å². The number of hydrazone groups is 1. The third kappa shape index (κ3) is 5.42. The van der Waals surface area contributed by atoms with E-state index in [1.54, 1.807) is 35.4 Å². The van der Waals surface area contributed by atoms with Gasteiger partial charge in [0.05, 0.1) is 6.54 Å².